The lowest BCUT2D eigenvalue weighted by molar-refractivity contribution is 0.956. The van der Waals surface area contributed by atoms with Crippen LogP contribution < -0.4 is 5.56 Å². The Labute approximate surface area is 132 Å². The normalized spacial score (nSPS) is 10.8. The van der Waals surface area contributed by atoms with E-state index in [9.17, 15) is 4.79 Å². The Morgan fingerprint density at radius 1 is 0.783 bits per heavy atom. The predicted molar refractivity (Wildman–Crippen MR) is 90.6 cm³/mol. The summed E-state index contributed by atoms with van der Waals surface area (Å²) in [6.45, 7) is 0. The second-order valence-electron chi connectivity index (χ2n) is 5.19. The van der Waals surface area contributed by atoms with E-state index < -0.39 is 0 Å². The average molecular weight is 299 g/mol. The van der Waals surface area contributed by atoms with Gasteiger partial charge in [0.15, 0.2) is 5.52 Å². The standard InChI is InChI=1S/C19H13N3O/c23-19-18-17(20-13-22(19)15-9-5-2-6-10-15)12-11-16(21-18)14-7-3-1-4-8-14/h1-13H. The Kier molecular flexibility index (Phi) is 3.20. The molecule has 0 bridgehead atoms. The molecule has 110 valence electrons. The maximum absolute atomic E-state index is 12.8. The molecule has 0 fully saturated rings. The van der Waals surface area contributed by atoms with E-state index in [0.29, 0.717) is 11.0 Å². The first-order valence-corrected chi connectivity index (χ1v) is 7.32. The van der Waals surface area contributed by atoms with Gasteiger partial charge in [0.25, 0.3) is 5.56 Å². The van der Waals surface area contributed by atoms with Gasteiger partial charge in [-0.3, -0.25) is 9.36 Å². The molecular weight excluding hydrogens is 286 g/mol. The fourth-order valence-corrected chi connectivity index (χ4v) is 2.54. The Bertz CT molecular complexity index is 1020. The van der Waals surface area contributed by atoms with Crippen LogP contribution in [0.1, 0.15) is 0 Å². The van der Waals surface area contributed by atoms with Crippen LogP contribution in [-0.2, 0) is 0 Å². The molecular formula is C19H13N3O. The van der Waals surface area contributed by atoms with Gasteiger partial charge in [-0.05, 0) is 24.3 Å². The first-order valence-electron chi connectivity index (χ1n) is 7.32. The Morgan fingerprint density at radius 3 is 2.22 bits per heavy atom. The number of hydrogen-bond donors (Lipinski definition) is 0. The highest BCUT2D eigenvalue weighted by Crippen LogP contribution is 2.18. The highest BCUT2D eigenvalue weighted by Gasteiger charge is 2.09. The first kappa shape index (κ1) is 13.4. The monoisotopic (exact) mass is 299 g/mol. The lowest BCUT2D eigenvalue weighted by Crippen LogP contribution is -2.19. The Hall–Kier alpha value is -3.27. The summed E-state index contributed by atoms with van der Waals surface area (Å²) in [7, 11) is 0. The summed E-state index contributed by atoms with van der Waals surface area (Å²) in [5, 5.41) is 0. The van der Waals surface area contributed by atoms with Crippen molar-refractivity contribution in [2.45, 2.75) is 0 Å². The zero-order valence-electron chi connectivity index (χ0n) is 12.3. The second-order valence-corrected chi connectivity index (χ2v) is 5.19. The van der Waals surface area contributed by atoms with Crippen LogP contribution in [0.3, 0.4) is 0 Å². The smallest absolute Gasteiger partial charge is 0.266 e. The van der Waals surface area contributed by atoms with Crippen LogP contribution in [0.4, 0.5) is 0 Å². The van der Waals surface area contributed by atoms with E-state index >= 15 is 0 Å². The molecule has 0 saturated carbocycles. The number of nitrogens with zero attached hydrogens (tertiary/aromatic N) is 3. The minimum Gasteiger partial charge on any atom is -0.266 e. The number of hydrogen-bond acceptors (Lipinski definition) is 3. The minimum absolute atomic E-state index is 0.168. The summed E-state index contributed by atoms with van der Waals surface area (Å²) >= 11 is 0. The molecule has 4 nitrogen and oxygen atoms in total. The molecule has 0 saturated heterocycles. The molecule has 0 aliphatic heterocycles. The molecule has 2 aromatic carbocycles. The number of para-hydroxylation sites is 1. The Morgan fingerprint density at radius 2 is 1.48 bits per heavy atom. The Balaban J connectivity index is 1.94. The SMILES string of the molecule is O=c1c2nc(-c3ccccc3)ccc2ncn1-c1ccccc1. The summed E-state index contributed by atoms with van der Waals surface area (Å²) in [5.74, 6) is 0. The fraction of sp³-hybridized carbons (Fsp3) is 0. The van der Waals surface area contributed by atoms with E-state index in [1.165, 1.54) is 4.57 Å². The number of fused-ring (bicyclic) bond motifs is 1. The number of pyridine rings is 1. The van der Waals surface area contributed by atoms with Gasteiger partial charge in [-0.1, -0.05) is 48.5 Å². The molecule has 2 aromatic heterocycles. The highest BCUT2D eigenvalue weighted by atomic mass is 16.1. The molecule has 0 amide bonds. The summed E-state index contributed by atoms with van der Waals surface area (Å²) in [6.07, 6.45) is 1.55. The molecule has 0 spiro atoms. The molecule has 0 atom stereocenters. The molecule has 4 heteroatoms. The molecule has 4 rings (SSSR count). The number of benzene rings is 2. The van der Waals surface area contributed by atoms with Crippen LogP contribution in [0, 0.1) is 0 Å². The number of rotatable bonds is 2. The minimum atomic E-state index is -0.168. The molecule has 0 aliphatic carbocycles. The summed E-state index contributed by atoms with van der Waals surface area (Å²) < 4.78 is 1.52. The van der Waals surface area contributed by atoms with Crippen LogP contribution in [-0.4, -0.2) is 14.5 Å². The lowest BCUT2D eigenvalue weighted by Gasteiger charge is -2.07. The van der Waals surface area contributed by atoms with E-state index in [2.05, 4.69) is 9.97 Å². The lowest BCUT2D eigenvalue weighted by atomic mass is 10.1. The third kappa shape index (κ3) is 2.40. The average Bonchev–Trinajstić information content (AvgIpc) is 2.63. The van der Waals surface area contributed by atoms with Gasteiger partial charge < -0.3 is 0 Å². The maximum Gasteiger partial charge on any atom is 0.284 e. The molecule has 0 radical (unpaired) electrons. The van der Waals surface area contributed by atoms with Crippen LogP contribution >= 0.6 is 0 Å². The van der Waals surface area contributed by atoms with E-state index in [-0.39, 0.29) is 5.56 Å². The maximum atomic E-state index is 12.8. The zero-order valence-corrected chi connectivity index (χ0v) is 12.3. The van der Waals surface area contributed by atoms with Crippen molar-refractivity contribution in [1.82, 2.24) is 14.5 Å². The fourth-order valence-electron chi connectivity index (χ4n) is 2.54. The van der Waals surface area contributed by atoms with Gasteiger partial charge in [0.1, 0.15) is 6.33 Å². The van der Waals surface area contributed by atoms with E-state index in [4.69, 9.17) is 0 Å². The third-order valence-electron chi connectivity index (χ3n) is 3.71. The van der Waals surface area contributed by atoms with Crippen molar-refractivity contribution >= 4 is 11.0 Å². The van der Waals surface area contributed by atoms with Crippen molar-refractivity contribution in [3.05, 3.63) is 89.5 Å². The van der Waals surface area contributed by atoms with Crippen molar-refractivity contribution in [2.75, 3.05) is 0 Å². The van der Waals surface area contributed by atoms with E-state index in [1.54, 1.807) is 6.33 Å². The largest absolute Gasteiger partial charge is 0.284 e. The van der Waals surface area contributed by atoms with Crippen molar-refractivity contribution in [1.29, 1.82) is 0 Å². The van der Waals surface area contributed by atoms with Crippen LogP contribution in [0.15, 0.2) is 83.9 Å². The van der Waals surface area contributed by atoms with Gasteiger partial charge in [-0.25, -0.2) is 9.97 Å². The zero-order chi connectivity index (χ0) is 15.6. The van der Waals surface area contributed by atoms with Crippen molar-refractivity contribution in [3.63, 3.8) is 0 Å². The van der Waals surface area contributed by atoms with Crippen LogP contribution in [0.2, 0.25) is 0 Å². The molecule has 23 heavy (non-hydrogen) atoms. The van der Waals surface area contributed by atoms with Crippen LogP contribution in [0.5, 0.6) is 0 Å². The topological polar surface area (TPSA) is 47.8 Å². The van der Waals surface area contributed by atoms with Crippen molar-refractivity contribution < 1.29 is 0 Å². The molecule has 0 N–H and O–H groups in total. The van der Waals surface area contributed by atoms with Crippen LogP contribution in [0.25, 0.3) is 28.0 Å². The molecule has 2 heterocycles. The summed E-state index contributed by atoms with van der Waals surface area (Å²) in [5.41, 5.74) is 3.32. The third-order valence-corrected chi connectivity index (χ3v) is 3.71. The van der Waals surface area contributed by atoms with Crippen molar-refractivity contribution in [2.24, 2.45) is 0 Å². The van der Waals surface area contributed by atoms with Gasteiger partial charge in [0.2, 0.25) is 0 Å². The quantitative estimate of drug-likeness (QED) is 0.569. The highest BCUT2D eigenvalue weighted by molar-refractivity contribution is 5.77. The first-order chi connectivity index (χ1) is 11.3. The van der Waals surface area contributed by atoms with Gasteiger partial charge in [0, 0.05) is 5.56 Å². The second kappa shape index (κ2) is 5.50. The van der Waals surface area contributed by atoms with Gasteiger partial charge in [-0.15, -0.1) is 0 Å². The molecule has 0 aliphatic rings. The van der Waals surface area contributed by atoms with E-state index in [1.807, 2.05) is 72.8 Å². The van der Waals surface area contributed by atoms with Gasteiger partial charge >= 0.3 is 0 Å². The summed E-state index contributed by atoms with van der Waals surface area (Å²) in [6, 6.07) is 23.0. The van der Waals surface area contributed by atoms with E-state index in [0.717, 1.165) is 16.9 Å². The van der Waals surface area contributed by atoms with Gasteiger partial charge in [0.05, 0.1) is 16.9 Å². The van der Waals surface area contributed by atoms with Gasteiger partial charge in [-0.2, -0.15) is 0 Å². The molecule has 0 unspecified atom stereocenters. The number of aromatic nitrogens is 3. The molecule has 4 aromatic rings. The summed E-state index contributed by atoms with van der Waals surface area (Å²) in [4.78, 5) is 21.7. The predicted octanol–water partition coefficient (Wildman–Crippen LogP) is 3.45. The van der Waals surface area contributed by atoms with Crippen molar-refractivity contribution in [3.8, 4) is 16.9 Å².